The highest BCUT2D eigenvalue weighted by molar-refractivity contribution is 5.16. The lowest BCUT2D eigenvalue weighted by Gasteiger charge is -2.34. The van der Waals surface area contributed by atoms with Crippen molar-refractivity contribution in [1.29, 1.82) is 0 Å². The highest BCUT2D eigenvalue weighted by Crippen LogP contribution is 2.18. The highest BCUT2D eigenvalue weighted by Gasteiger charge is 2.20. The van der Waals surface area contributed by atoms with E-state index in [0.717, 1.165) is 38.4 Å². The van der Waals surface area contributed by atoms with Crippen LogP contribution in [0.2, 0.25) is 0 Å². The van der Waals surface area contributed by atoms with E-state index in [1.807, 2.05) is 35.3 Å². The molecule has 1 aliphatic rings. The maximum Gasteiger partial charge on any atom is 0.123 e. The summed E-state index contributed by atoms with van der Waals surface area (Å²) < 4.78 is 15.0. The molecule has 2 aromatic rings. The number of piperidine rings is 1. The second kappa shape index (κ2) is 9.83. The van der Waals surface area contributed by atoms with Crippen molar-refractivity contribution in [3.8, 4) is 0 Å². The molecular weight excluding hydrogens is 327 g/mol. The molecule has 0 radical (unpaired) electrons. The number of likely N-dealkylation sites (tertiary alicyclic amines) is 1. The number of aryl methyl sites for hydroxylation is 1. The molecule has 0 unspecified atom stereocenters. The number of hydrogen-bond donors (Lipinski definition) is 0. The molecule has 0 bridgehead atoms. The van der Waals surface area contributed by atoms with Crippen LogP contribution in [0.4, 0.5) is 4.39 Å². The molecule has 1 aromatic carbocycles. The van der Waals surface area contributed by atoms with Crippen molar-refractivity contribution in [2.75, 3.05) is 39.8 Å². The van der Waals surface area contributed by atoms with E-state index < -0.39 is 0 Å². The van der Waals surface area contributed by atoms with Gasteiger partial charge in [0.15, 0.2) is 0 Å². The van der Waals surface area contributed by atoms with Crippen LogP contribution in [-0.2, 0) is 13.0 Å². The lowest BCUT2D eigenvalue weighted by Crippen LogP contribution is -2.41. The zero-order chi connectivity index (χ0) is 18.2. The molecule has 1 aliphatic heterocycles. The van der Waals surface area contributed by atoms with E-state index in [0.29, 0.717) is 0 Å². The van der Waals surface area contributed by atoms with Crippen LogP contribution in [0.3, 0.4) is 0 Å². The Labute approximate surface area is 156 Å². The predicted molar refractivity (Wildman–Crippen MR) is 104 cm³/mol. The highest BCUT2D eigenvalue weighted by atomic mass is 19.1. The lowest BCUT2D eigenvalue weighted by molar-refractivity contribution is 0.143. The summed E-state index contributed by atoms with van der Waals surface area (Å²) in [5.41, 5.74) is 1.23. The van der Waals surface area contributed by atoms with Crippen LogP contribution in [0.25, 0.3) is 0 Å². The number of rotatable bonds is 9. The zero-order valence-electron chi connectivity index (χ0n) is 15.9. The summed E-state index contributed by atoms with van der Waals surface area (Å²) >= 11 is 0. The van der Waals surface area contributed by atoms with Gasteiger partial charge in [0.05, 0.1) is 0 Å². The second-order valence-electron chi connectivity index (χ2n) is 7.57. The fraction of sp³-hybridized carbons (Fsp3) is 0.571. The summed E-state index contributed by atoms with van der Waals surface area (Å²) in [4.78, 5) is 5.05. The number of halogens is 1. The molecule has 0 saturated carbocycles. The van der Waals surface area contributed by atoms with Gasteiger partial charge in [0, 0.05) is 38.6 Å². The third-order valence-electron chi connectivity index (χ3n) is 5.29. The largest absolute Gasteiger partial charge is 0.306 e. The van der Waals surface area contributed by atoms with E-state index in [1.54, 1.807) is 12.1 Å². The van der Waals surface area contributed by atoms with Gasteiger partial charge in [-0.1, -0.05) is 12.1 Å². The predicted octanol–water partition coefficient (Wildman–Crippen LogP) is 3.30. The molecular formula is C21H31FN4. The third-order valence-corrected chi connectivity index (χ3v) is 5.29. The van der Waals surface area contributed by atoms with Crippen molar-refractivity contribution in [3.63, 3.8) is 0 Å². The zero-order valence-corrected chi connectivity index (χ0v) is 15.9. The van der Waals surface area contributed by atoms with Gasteiger partial charge in [0.1, 0.15) is 5.82 Å². The van der Waals surface area contributed by atoms with Crippen molar-refractivity contribution < 1.29 is 4.39 Å². The Kier molecular flexibility index (Phi) is 7.21. The second-order valence-corrected chi connectivity index (χ2v) is 7.57. The van der Waals surface area contributed by atoms with Crippen LogP contribution < -0.4 is 0 Å². The molecule has 0 amide bonds. The number of nitrogens with zero attached hydrogens (tertiary/aromatic N) is 4. The van der Waals surface area contributed by atoms with Gasteiger partial charge in [-0.2, -0.15) is 5.10 Å². The summed E-state index contributed by atoms with van der Waals surface area (Å²) in [5.74, 6) is 0.606. The molecule has 1 fully saturated rings. The van der Waals surface area contributed by atoms with Crippen molar-refractivity contribution in [3.05, 3.63) is 54.1 Å². The molecule has 3 rings (SSSR count). The molecule has 2 heterocycles. The first kappa shape index (κ1) is 19.1. The van der Waals surface area contributed by atoms with Gasteiger partial charge in [-0.25, -0.2) is 4.39 Å². The Bertz CT molecular complexity index is 626. The van der Waals surface area contributed by atoms with E-state index in [-0.39, 0.29) is 5.82 Å². The van der Waals surface area contributed by atoms with Gasteiger partial charge in [-0.05, 0) is 75.5 Å². The lowest BCUT2D eigenvalue weighted by atomic mass is 9.97. The van der Waals surface area contributed by atoms with Gasteiger partial charge in [0.25, 0.3) is 0 Å². The van der Waals surface area contributed by atoms with Crippen molar-refractivity contribution >= 4 is 0 Å². The molecule has 0 N–H and O–H groups in total. The Morgan fingerprint density at radius 1 is 1.23 bits per heavy atom. The van der Waals surface area contributed by atoms with Crippen LogP contribution in [-0.4, -0.2) is 59.4 Å². The van der Waals surface area contributed by atoms with Gasteiger partial charge in [-0.15, -0.1) is 0 Å². The molecule has 1 saturated heterocycles. The van der Waals surface area contributed by atoms with Crippen molar-refractivity contribution in [1.82, 2.24) is 19.6 Å². The Hall–Kier alpha value is -1.72. The summed E-state index contributed by atoms with van der Waals surface area (Å²) in [5, 5.41) is 4.26. The van der Waals surface area contributed by atoms with E-state index in [4.69, 9.17) is 0 Å². The molecule has 1 aromatic heterocycles. The average Bonchev–Trinajstić information content (AvgIpc) is 3.15. The quantitative estimate of drug-likeness (QED) is 0.687. The van der Waals surface area contributed by atoms with Crippen molar-refractivity contribution in [2.45, 2.75) is 32.2 Å². The van der Waals surface area contributed by atoms with Gasteiger partial charge >= 0.3 is 0 Å². The van der Waals surface area contributed by atoms with Crippen LogP contribution in [0.1, 0.15) is 24.8 Å². The van der Waals surface area contributed by atoms with Crippen LogP contribution in [0.5, 0.6) is 0 Å². The third kappa shape index (κ3) is 6.22. The average molecular weight is 359 g/mol. The molecule has 1 atom stereocenters. The molecule has 5 heteroatoms. The van der Waals surface area contributed by atoms with E-state index >= 15 is 0 Å². The smallest absolute Gasteiger partial charge is 0.123 e. The number of benzene rings is 1. The normalized spacial score (nSPS) is 18.5. The minimum Gasteiger partial charge on any atom is -0.306 e. The maximum absolute atomic E-state index is 13.0. The first-order valence-corrected chi connectivity index (χ1v) is 9.82. The first-order valence-electron chi connectivity index (χ1n) is 9.82. The fourth-order valence-corrected chi connectivity index (χ4v) is 3.91. The molecule has 0 aliphatic carbocycles. The van der Waals surface area contributed by atoms with E-state index in [9.17, 15) is 4.39 Å². The number of hydrogen-bond acceptors (Lipinski definition) is 3. The van der Waals surface area contributed by atoms with Gasteiger partial charge in [-0.3, -0.25) is 4.68 Å². The fourth-order valence-electron chi connectivity index (χ4n) is 3.91. The summed E-state index contributed by atoms with van der Waals surface area (Å²) in [6.07, 6.45) is 8.63. The molecule has 0 spiro atoms. The molecule has 142 valence electrons. The summed E-state index contributed by atoms with van der Waals surface area (Å²) in [6.45, 7) is 6.74. The van der Waals surface area contributed by atoms with Crippen LogP contribution >= 0.6 is 0 Å². The Morgan fingerprint density at radius 3 is 2.85 bits per heavy atom. The van der Waals surface area contributed by atoms with Crippen molar-refractivity contribution in [2.24, 2.45) is 5.92 Å². The first-order chi connectivity index (χ1) is 12.7. The summed E-state index contributed by atoms with van der Waals surface area (Å²) in [7, 11) is 2.24. The topological polar surface area (TPSA) is 24.3 Å². The monoisotopic (exact) mass is 358 g/mol. The SMILES string of the molecule is CN(CCCn1cccn1)C[C@@H]1CCCN(CCc2ccc(F)cc2)C1. The maximum atomic E-state index is 13.0. The molecule has 4 nitrogen and oxygen atoms in total. The van der Waals surface area contributed by atoms with Gasteiger partial charge < -0.3 is 9.80 Å². The Balaban J connectivity index is 1.35. The van der Waals surface area contributed by atoms with Crippen LogP contribution in [0, 0.1) is 11.7 Å². The summed E-state index contributed by atoms with van der Waals surface area (Å²) in [6, 6.07) is 8.92. The molecule has 26 heavy (non-hydrogen) atoms. The minimum absolute atomic E-state index is 0.151. The number of aromatic nitrogens is 2. The Morgan fingerprint density at radius 2 is 2.08 bits per heavy atom. The van der Waals surface area contributed by atoms with E-state index in [1.165, 1.54) is 38.0 Å². The standard InChI is InChI=1S/C21H31FN4/c1-24(12-4-15-26-14-3-11-23-26)17-20-5-2-13-25(18-20)16-10-19-6-8-21(22)9-7-19/h3,6-9,11,14,20H,2,4-5,10,12-13,15-18H2,1H3/t20-/m0/s1. The van der Waals surface area contributed by atoms with E-state index in [2.05, 4.69) is 21.9 Å². The minimum atomic E-state index is -0.151. The van der Waals surface area contributed by atoms with Gasteiger partial charge in [0.2, 0.25) is 0 Å². The van der Waals surface area contributed by atoms with Crippen LogP contribution in [0.15, 0.2) is 42.7 Å².